The fraction of sp³-hybridized carbons (Fsp3) is 0.722. The number of nitrogens with one attached hydrogen (secondary N) is 3. The molecule has 3 amide bonds. The van der Waals surface area contributed by atoms with Crippen LogP contribution in [0.25, 0.3) is 0 Å². The van der Waals surface area contributed by atoms with Gasteiger partial charge in [-0.2, -0.15) is 12.6 Å². The van der Waals surface area contributed by atoms with E-state index in [9.17, 15) is 29.1 Å². The zero-order valence-electron chi connectivity index (χ0n) is 17.7. The molecule has 13 heteroatoms. The summed E-state index contributed by atoms with van der Waals surface area (Å²) in [7, 11) is 0. The van der Waals surface area contributed by atoms with Crippen LogP contribution in [0, 0.1) is 5.92 Å². The van der Waals surface area contributed by atoms with Crippen molar-refractivity contribution < 1.29 is 39.3 Å². The van der Waals surface area contributed by atoms with Crippen LogP contribution in [-0.2, 0) is 24.0 Å². The normalized spacial score (nSPS) is 15.8. The van der Waals surface area contributed by atoms with Crippen LogP contribution in [-0.4, -0.2) is 81.0 Å². The molecule has 0 saturated heterocycles. The minimum Gasteiger partial charge on any atom is -0.481 e. The Morgan fingerprint density at radius 1 is 0.903 bits per heavy atom. The topological polar surface area (TPSA) is 208 Å². The molecule has 8 N–H and O–H groups in total. The first kappa shape index (κ1) is 28.6. The lowest BCUT2D eigenvalue weighted by Crippen LogP contribution is -2.60. The highest BCUT2D eigenvalue weighted by Crippen LogP contribution is 2.05. The van der Waals surface area contributed by atoms with E-state index < -0.39 is 66.4 Å². The maximum atomic E-state index is 12.5. The van der Waals surface area contributed by atoms with E-state index >= 15 is 0 Å². The molecule has 5 atom stereocenters. The van der Waals surface area contributed by atoms with E-state index in [1.54, 1.807) is 0 Å². The molecule has 0 aromatic carbocycles. The van der Waals surface area contributed by atoms with Gasteiger partial charge in [-0.15, -0.1) is 0 Å². The van der Waals surface area contributed by atoms with Crippen molar-refractivity contribution in [3.05, 3.63) is 0 Å². The number of aliphatic carboxylic acids is 2. The van der Waals surface area contributed by atoms with E-state index in [0.29, 0.717) is 6.42 Å². The van der Waals surface area contributed by atoms with Crippen LogP contribution in [0.3, 0.4) is 0 Å². The van der Waals surface area contributed by atoms with Crippen molar-refractivity contribution in [1.29, 1.82) is 0 Å². The Hall–Kier alpha value is -2.38. The molecule has 31 heavy (non-hydrogen) atoms. The third kappa shape index (κ3) is 11.0. The lowest BCUT2D eigenvalue weighted by atomic mass is 10.0. The molecule has 0 saturated carbocycles. The number of aliphatic hydroxyl groups excluding tert-OH is 1. The van der Waals surface area contributed by atoms with Gasteiger partial charge in [0.1, 0.15) is 18.1 Å². The number of carbonyl (C=O) groups excluding carboxylic acids is 3. The molecule has 0 radical (unpaired) electrons. The minimum atomic E-state index is -1.48. The van der Waals surface area contributed by atoms with Crippen LogP contribution in [0.15, 0.2) is 0 Å². The zero-order valence-corrected chi connectivity index (χ0v) is 18.6. The molecule has 0 bridgehead atoms. The predicted molar refractivity (Wildman–Crippen MR) is 113 cm³/mol. The summed E-state index contributed by atoms with van der Waals surface area (Å²) >= 11 is 3.96. The van der Waals surface area contributed by atoms with Crippen molar-refractivity contribution in [2.45, 2.75) is 70.3 Å². The Morgan fingerprint density at radius 2 is 1.45 bits per heavy atom. The SMILES string of the molecule is CC(C)CC(N)C(=O)NC(C(=O)NC(CS)C(=O)NC(CCC(=O)O)C(=O)O)C(C)O. The second-order valence-corrected chi connectivity index (χ2v) is 7.90. The second kappa shape index (κ2) is 13.8. The van der Waals surface area contributed by atoms with Crippen LogP contribution >= 0.6 is 12.6 Å². The van der Waals surface area contributed by atoms with Crippen LogP contribution in [0.4, 0.5) is 0 Å². The quantitative estimate of drug-likeness (QED) is 0.134. The van der Waals surface area contributed by atoms with Crippen molar-refractivity contribution in [3.8, 4) is 0 Å². The van der Waals surface area contributed by atoms with Gasteiger partial charge in [0.05, 0.1) is 12.1 Å². The average Bonchev–Trinajstić information content (AvgIpc) is 2.65. The summed E-state index contributed by atoms with van der Waals surface area (Å²) in [5.41, 5.74) is 5.78. The maximum absolute atomic E-state index is 12.5. The van der Waals surface area contributed by atoms with E-state index in [2.05, 4.69) is 28.6 Å². The average molecular weight is 465 g/mol. The number of amides is 3. The van der Waals surface area contributed by atoms with E-state index in [-0.39, 0.29) is 18.1 Å². The first-order valence-electron chi connectivity index (χ1n) is 9.70. The molecule has 0 spiro atoms. The smallest absolute Gasteiger partial charge is 0.326 e. The molecule has 0 fully saturated rings. The molecule has 178 valence electrons. The molecule has 0 aromatic rings. The second-order valence-electron chi connectivity index (χ2n) is 7.54. The first-order valence-corrected chi connectivity index (χ1v) is 10.3. The van der Waals surface area contributed by atoms with Crippen LogP contribution in [0.1, 0.15) is 40.0 Å². The van der Waals surface area contributed by atoms with E-state index in [4.69, 9.17) is 15.9 Å². The maximum Gasteiger partial charge on any atom is 0.326 e. The third-order valence-electron chi connectivity index (χ3n) is 4.20. The van der Waals surface area contributed by atoms with Gasteiger partial charge in [0.15, 0.2) is 0 Å². The molecule has 0 aliphatic heterocycles. The van der Waals surface area contributed by atoms with Crippen molar-refractivity contribution in [2.75, 3.05) is 5.75 Å². The van der Waals surface area contributed by atoms with Crippen molar-refractivity contribution >= 4 is 42.3 Å². The van der Waals surface area contributed by atoms with Gasteiger partial charge in [0.25, 0.3) is 0 Å². The molecule has 5 unspecified atom stereocenters. The molecule has 0 aliphatic rings. The summed E-state index contributed by atoms with van der Waals surface area (Å²) in [5.74, 6) is -5.23. The van der Waals surface area contributed by atoms with E-state index in [0.717, 1.165) is 0 Å². The summed E-state index contributed by atoms with van der Waals surface area (Å²) in [6.07, 6.45) is -1.80. The van der Waals surface area contributed by atoms with Gasteiger partial charge in [0.2, 0.25) is 17.7 Å². The fourth-order valence-corrected chi connectivity index (χ4v) is 2.79. The van der Waals surface area contributed by atoms with Crippen LogP contribution in [0.5, 0.6) is 0 Å². The highest BCUT2D eigenvalue weighted by Gasteiger charge is 2.32. The number of thiol groups is 1. The van der Waals surface area contributed by atoms with Gasteiger partial charge in [-0.05, 0) is 25.7 Å². The van der Waals surface area contributed by atoms with Gasteiger partial charge in [-0.3, -0.25) is 19.2 Å². The van der Waals surface area contributed by atoms with Gasteiger partial charge in [-0.25, -0.2) is 4.79 Å². The lowest BCUT2D eigenvalue weighted by Gasteiger charge is -2.26. The Bertz CT molecular complexity index is 658. The number of nitrogens with two attached hydrogens (primary N) is 1. The Kier molecular flexibility index (Phi) is 12.8. The fourth-order valence-electron chi connectivity index (χ4n) is 2.53. The van der Waals surface area contributed by atoms with Crippen molar-refractivity contribution in [2.24, 2.45) is 11.7 Å². The monoisotopic (exact) mass is 464 g/mol. The Balaban J connectivity index is 5.15. The summed E-state index contributed by atoms with van der Waals surface area (Å²) < 4.78 is 0. The summed E-state index contributed by atoms with van der Waals surface area (Å²) in [6, 6.07) is -5.10. The van der Waals surface area contributed by atoms with Crippen molar-refractivity contribution in [1.82, 2.24) is 16.0 Å². The number of carboxylic acids is 2. The standard InChI is InChI=1S/C18H32N4O8S/c1-8(2)6-10(19)15(26)22-14(9(3)23)17(28)21-12(7-31)16(27)20-11(18(29)30)4-5-13(24)25/h8-12,14,23,31H,4-7,19H2,1-3H3,(H,20,27)(H,21,28)(H,22,26)(H,24,25)(H,29,30). The number of rotatable bonds is 14. The van der Waals surface area contributed by atoms with E-state index in [1.165, 1.54) is 6.92 Å². The minimum absolute atomic E-state index is 0.125. The summed E-state index contributed by atoms with van der Waals surface area (Å²) in [5, 5.41) is 34.5. The highest BCUT2D eigenvalue weighted by molar-refractivity contribution is 7.80. The molecular formula is C18H32N4O8S. The number of hydrogen-bond acceptors (Lipinski definition) is 8. The Labute approximate surface area is 185 Å². The molecular weight excluding hydrogens is 432 g/mol. The Morgan fingerprint density at radius 3 is 1.87 bits per heavy atom. The van der Waals surface area contributed by atoms with Gasteiger partial charge in [-0.1, -0.05) is 13.8 Å². The molecule has 0 heterocycles. The van der Waals surface area contributed by atoms with Crippen molar-refractivity contribution in [3.63, 3.8) is 0 Å². The number of aliphatic hydroxyl groups is 1. The zero-order chi connectivity index (χ0) is 24.3. The predicted octanol–water partition coefficient (Wildman–Crippen LogP) is -1.93. The number of carboxylic acid groups (broad SMARTS) is 2. The number of carbonyl (C=O) groups is 5. The molecule has 0 rings (SSSR count). The summed E-state index contributed by atoms with van der Waals surface area (Å²) in [6.45, 7) is 4.99. The van der Waals surface area contributed by atoms with Gasteiger partial charge in [0, 0.05) is 12.2 Å². The molecule has 0 aromatic heterocycles. The lowest BCUT2D eigenvalue weighted by molar-refractivity contribution is -0.143. The highest BCUT2D eigenvalue weighted by atomic mass is 32.1. The first-order chi connectivity index (χ1) is 14.3. The molecule has 12 nitrogen and oxygen atoms in total. The van der Waals surface area contributed by atoms with Crippen LogP contribution < -0.4 is 21.7 Å². The third-order valence-corrected chi connectivity index (χ3v) is 4.57. The van der Waals surface area contributed by atoms with E-state index in [1.807, 2.05) is 13.8 Å². The van der Waals surface area contributed by atoms with Gasteiger partial charge >= 0.3 is 11.9 Å². The van der Waals surface area contributed by atoms with Crippen LogP contribution in [0.2, 0.25) is 0 Å². The number of hydrogen-bond donors (Lipinski definition) is 8. The van der Waals surface area contributed by atoms with Gasteiger partial charge < -0.3 is 37.0 Å². The largest absolute Gasteiger partial charge is 0.481 e. The summed E-state index contributed by atoms with van der Waals surface area (Å²) in [4.78, 5) is 59.0. The molecule has 0 aliphatic carbocycles.